The summed E-state index contributed by atoms with van der Waals surface area (Å²) in [4.78, 5) is 11.7. The second-order valence-corrected chi connectivity index (χ2v) is 5.04. The first-order valence-electron chi connectivity index (χ1n) is 6.87. The number of carbonyl (C=O) groups excluding carboxylic acids is 1. The Labute approximate surface area is 110 Å². The summed E-state index contributed by atoms with van der Waals surface area (Å²) in [5, 5.41) is 2.65. The topological polar surface area (TPSA) is 64.3 Å². The lowest BCUT2D eigenvalue weighted by molar-refractivity contribution is -0.117. The maximum absolute atomic E-state index is 11.7. The molecule has 0 aromatic rings. The van der Waals surface area contributed by atoms with Crippen molar-refractivity contribution in [3.8, 4) is 0 Å². The quantitative estimate of drug-likeness (QED) is 0.783. The molecule has 0 aromatic heterocycles. The smallest absolute Gasteiger partial charge is 0.246 e. The van der Waals surface area contributed by atoms with Gasteiger partial charge in [0.2, 0.25) is 5.91 Å². The summed E-state index contributed by atoms with van der Waals surface area (Å²) in [6.07, 6.45) is 4.74. The van der Waals surface area contributed by atoms with Gasteiger partial charge < -0.3 is 15.8 Å². The highest BCUT2D eigenvalue weighted by Crippen LogP contribution is 2.27. The van der Waals surface area contributed by atoms with Crippen LogP contribution in [0.4, 0.5) is 0 Å². The highest BCUT2D eigenvalue weighted by molar-refractivity contribution is 5.93. The fourth-order valence-corrected chi connectivity index (χ4v) is 2.30. The number of carbonyl (C=O) groups is 1. The Morgan fingerprint density at radius 1 is 1.56 bits per heavy atom. The van der Waals surface area contributed by atoms with Crippen LogP contribution in [0.15, 0.2) is 11.6 Å². The number of nitrogens with one attached hydrogen (secondary N) is 1. The van der Waals surface area contributed by atoms with Crippen molar-refractivity contribution in [2.45, 2.75) is 58.3 Å². The zero-order valence-electron chi connectivity index (χ0n) is 11.9. The van der Waals surface area contributed by atoms with Crippen LogP contribution in [0.2, 0.25) is 0 Å². The lowest BCUT2D eigenvalue weighted by atomic mass is 9.84. The molecule has 1 aliphatic carbocycles. The van der Waals surface area contributed by atoms with Crippen LogP contribution in [-0.2, 0) is 9.53 Å². The van der Waals surface area contributed by atoms with Gasteiger partial charge in [0.25, 0.3) is 0 Å². The Morgan fingerprint density at radius 2 is 2.17 bits per heavy atom. The first-order valence-corrected chi connectivity index (χ1v) is 6.87. The van der Waals surface area contributed by atoms with E-state index in [0.717, 1.165) is 18.4 Å². The van der Waals surface area contributed by atoms with Gasteiger partial charge in [-0.15, -0.1) is 0 Å². The molecule has 0 saturated carbocycles. The van der Waals surface area contributed by atoms with Crippen LogP contribution >= 0.6 is 0 Å². The minimum absolute atomic E-state index is 0.0123. The fraction of sp³-hybridized carbons (Fsp3) is 0.786. The van der Waals surface area contributed by atoms with Crippen LogP contribution in [0.3, 0.4) is 0 Å². The molecule has 3 atom stereocenters. The van der Waals surface area contributed by atoms with E-state index >= 15 is 0 Å². The molecule has 104 valence electrons. The van der Waals surface area contributed by atoms with E-state index in [9.17, 15) is 4.79 Å². The maximum atomic E-state index is 11.7. The Hall–Kier alpha value is -0.870. The minimum Gasteiger partial charge on any atom is -0.371 e. The van der Waals surface area contributed by atoms with E-state index in [4.69, 9.17) is 10.5 Å². The van der Waals surface area contributed by atoms with Gasteiger partial charge in [0.05, 0.1) is 12.2 Å². The van der Waals surface area contributed by atoms with E-state index in [0.29, 0.717) is 6.42 Å². The summed E-state index contributed by atoms with van der Waals surface area (Å²) < 4.78 is 6.06. The van der Waals surface area contributed by atoms with Gasteiger partial charge in [0, 0.05) is 24.6 Å². The van der Waals surface area contributed by atoms with Crippen molar-refractivity contribution in [1.29, 1.82) is 0 Å². The average Bonchev–Trinajstić information content (AvgIpc) is 2.39. The number of amides is 1. The minimum atomic E-state index is -0.0500. The van der Waals surface area contributed by atoms with Gasteiger partial charge in [-0.3, -0.25) is 4.79 Å². The molecule has 0 bridgehead atoms. The van der Waals surface area contributed by atoms with Crippen molar-refractivity contribution in [1.82, 2.24) is 5.32 Å². The summed E-state index contributed by atoms with van der Waals surface area (Å²) in [5.74, 6) is 0.203. The second-order valence-electron chi connectivity index (χ2n) is 5.04. The van der Waals surface area contributed by atoms with E-state index in [-0.39, 0.29) is 30.1 Å². The van der Waals surface area contributed by atoms with Crippen LogP contribution in [0, 0.1) is 5.92 Å². The van der Waals surface area contributed by atoms with Crippen molar-refractivity contribution < 1.29 is 9.53 Å². The number of hydrogen-bond donors (Lipinski definition) is 2. The summed E-state index contributed by atoms with van der Waals surface area (Å²) in [6, 6.07) is -0.0123. The summed E-state index contributed by atoms with van der Waals surface area (Å²) >= 11 is 0. The highest BCUT2D eigenvalue weighted by atomic mass is 16.5. The van der Waals surface area contributed by atoms with Gasteiger partial charge >= 0.3 is 0 Å². The average molecular weight is 254 g/mol. The lowest BCUT2D eigenvalue weighted by Gasteiger charge is -2.34. The molecule has 0 fully saturated rings. The molecule has 0 aliphatic heterocycles. The summed E-state index contributed by atoms with van der Waals surface area (Å²) in [5.41, 5.74) is 6.86. The van der Waals surface area contributed by atoms with Crippen molar-refractivity contribution in [2.75, 3.05) is 7.05 Å². The van der Waals surface area contributed by atoms with Crippen LogP contribution in [0.25, 0.3) is 0 Å². The first kappa shape index (κ1) is 15.2. The van der Waals surface area contributed by atoms with Crippen molar-refractivity contribution in [3.05, 3.63) is 11.6 Å². The van der Waals surface area contributed by atoms with Crippen LogP contribution < -0.4 is 11.1 Å². The SMILES string of the molecule is CCC(CC)O[C@@H]1C=C(C(=O)NC)C[C@H](N)[C@H]1C. The molecule has 0 spiro atoms. The predicted molar refractivity (Wildman–Crippen MR) is 73.1 cm³/mol. The first-order chi connectivity index (χ1) is 8.53. The van der Waals surface area contributed by atoms with Crippen LogP contribution in [-0.4, -0.2) is 31.2 Å². The van der Waals surface area contributed by atoms with Crippen molar-refractivity contribution in [3.63, 3.8) is 0 Å². The Morgan fingerprint density at radius 3 is 2.67 bits per heavy atom. The van der Waals surface area contributed by atoms with E-state index in [1.54, 1.807) is 7.05 Å². The lowest BCUT2D eigenvalue weighted by Crippen LogP contribution is -2.43. The van der Waals surface area contributed by atoms with Gasteiger partial charge in [-0.05, 0) is 25.3 Å². The molecule has 0 saturated heterocycles. The largest absolute Gasteiger partial charge is 0.371 e. The molecular weight excluding hydrogens is 228 g/mol. The molecule has 18 heavy (non-hydrogen) atoms. The Balaban J connectivity index is 2.82. The van der Waals surface area contributed by atoms with Gasteiger partial charge in [0.15, 0.2) is 0 Å². The van der Waals surface area contributed by atoms with Gasteiger partial charge in [0.1, 0.15) is 0 Å². The summed E-state index contributed by atoms with van der Waals surface area (Å²) in [7, 11) is 1.64. The Bertz CT molecular complexity index is 311. The molecule has 1 rings (SSSR count). The molecule has 0 radical (unpaired) electrons. The normalized spacial score (nSPS) is 28.1. The van der Waals surface area contributed by atoms with E-state index in [2.05, 4.69) is 26.1 Å². The number of rotatable bonds is 5. The molecule has 4 nitrogen and oxygen atoms in total. The highest BCUT2D eigenvalue weighted by Gasteiger charge is 2.31. The standard InChI is InChI=1S/C14H26N2O2/c1-5-11(6-2)18-13-8-10(14(17)16-4)7-12(15)9(13)3/h8-9,11-13H,5-7,15H2,1-4H3,(H,16,17)/t9-,12+,13-/m1/s1. The molecular formula is C14H26N2O2. The number of likely N-dealkylation sites (N-methyl/N-ethyl adjacent to an activating group) is 1. The van der Waals surface area contributed by atoms with Crippen LogP contribution in [0.1, 0.15) is 40.0 Å². The zero-order chi connectivity index (χ0) is 13.7. The second kappa shape index (κ2) is 6.90. The molecule has 1 aliphatic rings. The van der Waals surface area contributed by atoms with Crippen molar-refractivity contribution >= 4 is 5.91 Å². The molecule has 0 heterocycles. The molecule has 0 unspecified atom stereocenters. The Kier molecular flexibility index (Phi) is 5.82. The zero-order valence-corrected chi connectivity index (χ0v) is 11.9. The molecule has 0 aromatic carbocycles. The third-order valence-electron chi connectivity index (χ3n) is 3.79. The molecule has 3 N–H and O–H groups in total. The van der Waals surface area contributed by atoms with E-state index in [1.807, 2.05) is 6.08 Å². The number of nitrogens with two attached hydrogens (primary N) is 1. The fourth-order valence-electron chi connectivity index (χ4n) is 2.30. The monoisotopic (exact) mass is 254 g/mol. The maximum Gasteiger partial charge on any atom is 0.246 e. The van der Waals surface area contributed by atoms with Gasteiger partial charge in [-0.2, -0.15) is 0 Å². The third kappa shape index (κ3) is 3.56. The number of ether oxygens (including phenoxy) is 1. The van der Waals surface area contributed by atoms with E-state index < -0.39 is 0 Å². The van der Waals surface area contributed by atoms with Gasteiger partial charge in [-0.25, -0.2) is 0 Å². The summed E-state index contributed by atoms with van der Waals surface area (Å²) in [6.45, 7) is 6.32. The third-order valence-corrected chi connectivity index (χ3v) is 3.79. The predicted octanol–water partition coefficient (Wildman–Crippen LogP) is 1.60. The van der Waals surface area contributed by atoms with E-state index in [1.165, 1.54) is 0 Å². The molecule has 1 amide bonds. The number of hydrogen-bond acceptors (Lipinski definition) is 3. The van der Waals surface area contributed by atoms with Crippen molar-refractivity contribution in [2.24, 2.45) is 11.7 Å². The van der Waals surface area contributed by atoms with Gasteiger partial charge in [-0.1, -0.05) is 20.8 Å². The molecule has 4 heteroatoms. The van der Waals surface area contributed by atoms with Crippen LogP contribution in [0.5, 0.6) is 0 Å².